The zero-order valence-corrected chi connectivity index (χ0v) is 20.3. The Hall–Kier alpha value is -4.57. The van der Waals surface area contributed by atoms with Crippen LogP contribution in [-0.2, 0) is 9.59 Å². The molecule has 36 heavy (non-hydrogen) atoms. The van der Waals surface area contributed by atoms with E-state index in [-0.39, 0.29) is 11.3 Å². The minimum absolute atomic E-state index is 0.0228. The van der Waals surface area contributed by atoms with Crippen molar-refractivity contribution in [3.8, 4) is 17.6 Å². The van der Waals surface area contributed by atoms with Gasteiger partial charge in [-0.25, -0.2) is 0 Å². The number of methoxy groups -OCH3 is 1. The van der Waals surface area contributed by atoms with Gasteiger partial charge in [0.2, 0.25) is 0 Å². The number of amides is 1. The van der Waals surface area contributed by atoms with Gasteiger partial charge in [-0.15, -0.1) is 0 Å². The molecule has 0 bridgehead atoms. The maximum absolute atomic E-state index is 13.3. The number of aliphatic hydroxyl groups is 1. The molecule has 182 valence electrons. The van der Waals surface area contributed by atoms with E-state index < -0.39 is 17.7 Å². The number of benzene rings is 3. The van der Waals surface area contributed by atoms with Crippen molar-refractivity contribution in [3.63, 3.8) is 0 Å². The minimum Gasteiger partial charge on any atom is -0.507 e. The van der Waals surface area contributed by atoms with Gasteiger partial charge < -0.3 is 14.6 Å². The molecule has 1 saturated heterocycles. The summed E-state index contributed by atoms with van der Waals surface area (Å²) in [6.45, 7) is 4.65. The van der Waals surface area contributed by atoms with Gasteiger partial charge in [0.25, 0.3) is 11.7 Å². The van der Waals surface area contributed by atoms with Crippen LogP contribution in [0.4, 0.5) is 5.69 Å². The molecule has 1 fully saturated rings. The van der Waals surface area contributed by atoms with E-state index in [1.165, 1.54) is 4.90 Å². The van der Waals surface area contributed by atoms with Gasteiger partial charge in [0.15, 0.2) is 0 Å². The van der Waals surface area contributed by atoms with E-state index in [2.05, 4.69) is 0 Å². The molecule has 1 aliphatic rings. The predicted octanol–water partition coefficient (Wildman–Crippen LogP) is 5.23. The lowest BCUT2D eigenvalue weighted by Gasteiger charge is -2.25. The Morgan fingerprint density at radius 1 is 0.972 bits per heavy atom. The molecule has 1 amide bonds. The monoisotopic (exact) mass is 482 g/mol. The summed E-state index contributed by atoms with van der Waals surface area (Å²) in [6, 6.07) is 21.3. The molecular weight excluding hydrogens is 456 g/mol. The third kappa shape index (κ3) is 4.80. The first-order chi connectivity index (χ1) is 17.3. The van der Waals surface area contributed by atoms with Crippen LogP contribution in [-0.4, -0.2) is 30.5 Å². The molecule has 7 nitrogen and oxygen atoms in total. The second kappa shape index (κ2) is 10.4. The van der Waals surface area contributed by atoms with Gasteiger partial charge in [0.05, 0.1) is 37.0 Å². The smallest absolute Gasteiger partial charge is 0.300 e. The van der Waals surface area contributed by atoms with E-state index in [4.69, 9.17) is 14.7 Å². The van der Waals surface area contributed by atoms with Crippen LogP contribution >= 0.6 is 0 Å². The number of carbonyl (C=O) groups is 2. The summed E-state index contributed by atoms with van der Waals surface area (Å²) in [5, 5.41) is 20.4. The topological polar surface area (TPSA) is 99.9 Å². The molecule has 1 atom stereocenters. The van der Waals surface area contributed by atoms with Crippen LogP contribution in [0.5, 0.6) is 11.5 Å². The van der Waals surface area contributed by atoms with Crippen LogP contribution in [0.1, 0.15) is 36.6 Å². The highest BCUT2D eigenvalue weighted by molar-refractivity contribution is 6.51. The number of anilines is 1. The number of nitrogens with zero attached hydrogens (tertiary/aromatic N) is 2. The van der Waals surface area contributed by atoms with Crippen LogP contribution in [0, 0.1) is 17.2 Å². The zero-order valence-electron chi connectivity index (χ0n) is 20.3. The van der Waals surface area contributed by atoms with Gasteiger partial charge in [-0.05, 0) is 72.1 Å². The number of nitriles is 1. The van der Waals surface area contributed by atoms with Crippen molar-refractivity contribution in [2.24, 2.45) is 5.92 Å². The van der Waals surface area contributed by atoms with Crippen LogP contribution < -0.4 is 14.4 Å². The van der Waals surface area contributed by atoms with Crippen molar-refractivity contribution in [2.75, 3.05) is 18.6 Å². The third-order valence-electron chi connectivity index (χ3n) is 5.86. The Balaban J connectivity index is 1.81. The molecule has 1 unspecified atom stereocenters. The maximum atomic E-state index is 13.3. The molecule has 7 heteroatoms. The van der Waals surface area contributed by atoms with E-state index in [0.29, 0.717) is 46.4 Å². The fourth-order valence-electron chi connectivity index (χ4n) is 4.02. The van der Waals surface area contributed by atoms with E-state index in [0.717, 1.165) is 0 Å². The Morgan fingerprint density at radius 2 is 1.58 bits per heavy atom. The first kappa shape index (κ1) is 24.6. The molecule has 1 aliphatic heterocycles. The number of rotatable bonds is 7. The van der Waals surface area contributed by atoms with E-state index in [1.54, 1.807) is 79.9 Å². The van der Waals surface area contributed by atoms with Gasteiger partial charge in [-0.3, -0.25) is 14.5 Å². The number of hydrogen-bond acceptors (Lipinski definition) is 6. The summed E-state index contributed by atoms with van der Waals surface area (Å²) >= 11 is 0. The fraction of sp³-hybridized carbons (Fsp3) is 0.207. The highest BCUT2D eigenvalue weighted by atomic mass is 16.5. The summed E-state index contributed by atoms with van der Waals surface area (Å²) in [6.07, 6.45) is 0. The van der Waals surface area contributed by atoms with Crippen LogP contribution in [0.2, 0.25) is 0 Å². The molecule has 0 spiro atoms. The average Bonchev–Trinajstić information content (AvgIpc) is 3.17. The number of hydrogen-bond donors (Lipinski definition) is 1. The Kier molecular flexibility index (Phi) is 7.07. The van der Waals surface area contributed by atoms with Crippen molar-refractivity contribution in [1.82, 2.24) is 0 Å². The number of aliphatic hydroxyl groups excluding tert-OH is 1. The number of ether oxygens (including phenoxy) is 2. The number of Topliss-reactive ketones (excluding diaryl/α,β-unsaturated/α-hetero) is 1. The van der Waals surface area contributed by atoms with E-state index >= 15 is 0 Å². The molecular formula is C29H26N2O5. The minimum atomic E-state index is -0.874. The molecule has 1 N–H and O–H groups in total. The highest BCUT2D eigenvalue weighted by Crippen LogP contribution is 2.42. The average molecular weight is 483 g/mol. The first-order valence-corrected chi connectivity index (χ1v) is 11.5. The zero-order chi connectivity index (χ0) is 25.8. The lowest BCUT2D eigenvalue weighted by atomic mass is 9.95. The number of ketones is 1. The second-order valence-corrected chi connectivity index (χ2v) is 8.83. The van der Waals surface area contributed by atoms with Crippen molar-refractivity contribution >= 4 is 23.1 Å². The maximum Gasteiger partial charge on any atom is 0.300 e. The van der Waals surface area contributed by atoms with Gasteiger partial charge >= 0.3 is 0 Å². The summed E-state index contributed by atoms with van der Waals surface area (Å²) in [4.78, 5) is 27.8. The van der Waals surface area contributed by atoms with E-state index in [9.17, 15) is 14.7 Å². The standard InChI is InChI=1S/C29H26N2O5/c1-18(2)17-36-24-14-8-21(9-15-24)27(32)25-26(20-6-12-23(35-3)13-7-20)31(29(34)28(25)33)22-10-4-19(16-30)5-11-22/h4-15,18,26,32H,17H2,1-3H3/b27-25+. The summed E-state index contributed by atoms with van der Waals surface area (Å²) in [7, 11) is 1.55. The molecule has 3 aromatic carbocycles. The Bertz CT molecular complexity index is 1330. The van der Waals surface area contributed by atoms with Crippen LogP contribution in [0.3, 0.4) is 0 Å². The van der Waals surface area contributed by atoms with Gasteiger partial charge in [0.1, 0.15) is 17.3 Å². The van der Waals surface area contributed by atoms with Crippen molar-refractivity contribution < 1.29 is 24.2 Å². The van der Waals surface area contributed by atoms with Crippen LogP contribution in [0.15, 0.2) is 78.4 Å². The molecule has 0 radical (unpaired) electrons. The molecule has 0 aromatic heterocycles. The van der Waals surface area contributed by atoms with Crippen molar-refractivity contribution in [2.45, 2.75) is 19.9 Å². The van der Waals surface area contributed by atoms with Gasteiger partial charge in [-0.1, -0.05) is 26.0 Å². The molecule has 0 saturated carbocycles. The van der Waals surface area contributed by atoms with Crippen molar-refractivity contribution in [1.29, 1.82) is 5.26 Å². The fourth-order valence-corrected chi connectivity index (χ4v) is 4.02. The summed E-state index contributed by atoms with van der Waals surface area (Å²) < 4.78 is 11.0. The SMILES string of the molecule is COc1ccc(C2/C(=C(\O)c3ccc(OCC(C)C)cc3)C(=O)C(=O)N2c2ccc(C#N)cc2)cc1. The largest absolute Gasteiger partial charge is 0.507 e. The lowest BCUT2D eigenvalue weighted by Crippen LogP contribution is -2.29. The van der Waals surface area contributed by atoms with Crippen LogP contribution in [0.25, 0.3) is 5.76 Å². The third-order valence-corrected chi connectivity index (χ3v) is 5.86. The highest BCUT2D eigenvalue weighted by Gasteiger charge is 2.47. The second-order valence-electron chi connectivity index (χ2n) is 8.83. The lowest BCUT2D eigenvalue weighted by molar-refractivity contribution is -0.132. The first-order valence-electron chi connectivity index (χ1n) is 11.5. The molecule has 3 aromatic rings. The Morgan fingerprint density at radius 3 is 2.14 bits per heavy atom. The molecule has 1 heterocycles. The molecule has 4 rings (SSSR count). The predicted molar refractivity (Wildman–Crippen MR) is 136 cm³/mol. The molecule has 0 aliphatic carbocycles. The quantitative estimate of drug-likeness (QED) is 0.281. The van der Waals surface area contributed by atoms with Crippen molar-refractivity contribution in [3.05, 3.63) is 95.1 Å². The number of carbonyl (C=O) groups excluding carboxylic acids is 2. The summed E-state index contributed by atoms with van der Waals surface area (Å²) in [5.74, 6) is -0.214. The van der Waals surface area contributed by atoms with E-state index in [1.807, 2.05) is 19.9 Å². The summed E-state index contributed by atoms with van der Waals surface area (Å²) in [5.41, 5.74) is 1.86. The van der Waals surface area contributed by atoms with Gasteiger partial charge in [-0.2, -0.15) is 5.26 Å². The Labute approximate surface area is 209 Å². The van der Waals surface area contributed by atoms with Gasteiger partial charge in [0, 0.05) is 11.3 Å². The normalized spacial score (nSPS) is 16.8.